The molecule has 0 bridgehead atoms. The molecule has 0 saturated carbocycles. The van der Waals surface area contributed by atoms with E-state index in [9.17, 15) is 0 Å². The zero-order chi connectivity index (χ0) is 19.6. The summed E-state index contributed by atoms with van der Waals surface area (Å²) in [5.74, 6) is 0.850. The Bertz CT molecular complexity index is 433. The fraction of sp³-hybridized carbons (Fsp3) is 0.739. The fourth-order valence-electron chi connectivity index (χ4n) is 2.88. The number of unbranched alkanes of at least 4 members (excludes halogenated alkanes) is 6. The van der Waals surface area contributed by atoms with Crippen molar-refractivity contribution in [2.75, 3.05) is 33.0 Å². The van der Waals surface area contributed by atoms with Crippen molar-refractivity contribution >= 4 is 0 Å². The molecule has 1 aromatic rings. The molecular weight excluding hydrogens is 340 g/mol. The van der Waals surface area contributed by atoms with E-state index in [1.807, 2.05) is 26.0 Å². The summed E-state index contributed by atoms with van der Waals surface area (Å²) in [5.41, 5.74) is 1.38. The van der Waals surface area contributed by atoms with Crippen LogP contribution in [0.25, 0.3) is 0 Å². The van der Waals surface area contributed by atoms with Gasteiger partial charge in [0.05, 0.1) is 26.4 Å². The van der Waals surface area contributed by atoms with Gasteiger partial charge in [0.2, 0.25) is 0 Å². The molecule has 0 unspecified atom stereocenters. The van der Waals surface area contributed by atoms with Crippen molar-refractivity contribution in [1.29, 1.82) is 0 Å². The molecule has 1 aromatic carbocycles. The zero-order valence-electron chi connectivity index (χ0n) is 17.7. The maximum Gasteiger partial charge on any atom is 0.197 e. The highest BCUT2D eigenvalue weighted by molar-refractivity contribution is 5.27. The zero-order valence-corrected chi connectivity index (χ0v) is 17.7. The van der Waals surface area contributed by atoms with Crippen molar-refractivity contribution in [3.05, 3.63) is 29.8 Å². The molecule has 156 valence electrons. The van der Waals surface area contributed by atoms with Gasteiger partial charge in [-0.3, -0.25) is 0 Å². The number of hydrogen-bond donors (Lipinski definition) is 0. The number of ether oxygens (including phenoxy) is 4. The second-order valence-electron chi connectivity index (χ2n) is 6.88. The molecule has 27 heavy (non-hydrogen) atoms. The Balaban J connectivity index is 2.07. The van der Waals surface area contributed by atoms with Gasteiger partial charge in [-0.1, -0.05) is 57.6 Å². The number of aryl methyl sites for hydroxylation is 1. The molecule has 0 aliphatic rings. The van der Waals surface area contributed by atoms with E-state index in [2.05, 4.69) is 19.1 Å². The van der Waals surface area contributed by atoms with Gasteiger partial charge < -0.3 is 18.9 Å². The summed E-state index contributed by atoms with van der Waals surface area (Å²) in [7, 11) is 0. The predicted octanol–water partition coefficient (Wildman–Crippen LogP) is 5.77. The Hall–Kier alpha value is -1.10. The minimum Gasteiger partial charge on any atom is -0.465 e. The van der Waals surface area contributed by atoms with Gasteiger partial charge in [0.1, 0.15) is 5.75 Å². The van der Waals surface area contributed by atoms with Crippen LogP contribution >= 0.6 is 0 Å². The van der Waals surface area contributed by atoms with Gasteiger partial charge in [0.15, 0.2) is 6.29 Å². The van der Waals surface area contributed by atoms with E-state index in [0.29, 0.717) is 26.4 Å². The molecule has 0 N–H and O–H groups in total. The molecule has 0 spiro atoms. The van der Waals surface area contributed by atoms with E-state index in [0.717, 1.165) is 18.8 Å². The van der Waals surface area contributed by atoms with Crippen LogP contribution in [-0.4, -0.2) is 39.3 Å². The van der Waals surface area contributed by atoms with Crippen LogP contribution in [0.2, 0.25) is 0 Å². The maximum atomic E-state index is 5.79. The SMILES string of the molecule is CCCCCCCCCc1ccc(O[C@H](C)OCCOCCOCC)cc1. The molecule has 0 aliphatic heterocycles. The highest BCUT2D eigenvalue weighted by Crippen LogP contribution is 2.16. The first-order valence-electron chi connectivity index (χ1n) is 10.8. The summed E-state index contributed by atoms with van der Waals surface area (Å²) in [4.78, 5) is 0. The lowest BCUT2D eigenvalue weighted by Gasteiger charge is -2.16. The van der Waals surface area contributed by atoms with E-state index < -0.39 is 0 Å². The van der Waals surface area contributed by atoms with Crippen molar-refractivity contribution in [2.45, 2.75) is 78.4 Å². The van der Waals surface area contributed by atoms with E-state index in [1.165, 1.54) is 50.5 Å². The molecule has 0 radical (unpaired) electrons. The molecule has 4 heteroatoms. The molecule has 0 amide bonds. The molecule has 0 saturated heterocycles. The van der Waals surface area contributed by atoms with Gasteiger partial charge in [-0.15, -0.1) is 0 Å². The molecule has 0 fully saturated rings. The first-order chi connectivity index (χ1) is 13.3. The number of hydrogen-bond acceptors (Lipinski definition) is 4. The first-order valence-corrected chi connectivity index (χ1v) is 10.8. The van der Waals surface area contributed by atoms with Crippen molar-refractivity contribution in [1.82, 2.24) is 0 Å². The van der Waals surface area contributed by atoms with E-state index >= 15 is 0 Å². The Labute approximate surface area is 166 Å². The van der Waals surface area contributed by atoms with Crippen LogP contribution in [0.4, 0.5) is 0 Å². The van der Waals surface area contributed by atoms with Gasteiger partial charge in [-0.2, -0.15) is 0 Å². The number of rotatable bonds is 18. The molecule has 0 aromatic heterocycles. The van der Waals surface area contributed by atoms with Crippen LogP contribution in [0.15, 0.2) is 24.3 Å². The molecule has 1 atom stereocenters. The standard InChI is InChI=1S/C23H40O4/c1-4-6-7-8-9-10-11-12-22-13-15-23(16-14-22)27-21(3)26-20-19-25-18-17-24-5-2/h13-16,21H,4-12,17-20H2,1-3H3/t21-/m1/s1. The van der Waals surface area contributed by atoms with Crippen LogP contribution in [-0.2, 0) is 20.6 Å². The smallest absolute Gasteiger partial charge is 0.197 e. The van der Waals surface area contributed by atoms with Gasteiger partial charge in [-0.05, 0) is 44.4 Å². The monoisotopic (exact) mass is 380 g/mol. The molecule has 1 rings (SSSR count). The van der Waals surface area contributed by atoms with Crippen LogP contribution in [0.1, 0.15) is 71.3 Å². The Morgan fingerprint density at radius 1 is 0.741 bits per heavy atom. The summed E-state index contributed by atoms with van der Waals surface area (Å²) in [6.07, 6.45) is 10.3. The topological polar surface area (TPSA) is 36.9 Å². The molecule has 0 heterocycles. The van der Waals surface area contributed by atoms with Crippen molar-refractivity contribution in [3.63, 3.8) is 0 Å². The van der Waals surface area contributed by atoms with Gasteiger partial charge in [0, 0.05) is 6.61 Å². The molecular formula is C23H40O4. The maximum absolute atomic E-state index is 5.79. The summed E-state index contributed by atoms with van der Waals surface area (Å²) in [5, 5.41) is 0. The van der Waals surface area contributed by atoms with E-state index in [1.54, 1.807) is 0 Å². The quantitative estimate of drug-likeness (QED) is 0.239. The Morgan fingerprint density at radius 2 is 1.37 bits per heavy atom. The fourth-order valence-corrected chi connectivity index (χ4v) is 2.88. The summed E-state index contributed by atoms with van der Waals surface area (Å²) in [6, 6.07) is 8.40. The third-order valence-corrected chi connectivity index (χ3v) is 4.45. The van der Waals surface area contributed by atoms with Crippen LogP contribution < -0.4 is 4.74 Å². The lowest BCUT2D eigenvalue weighted by atomic mass is 10.0. The molecule has 4 nitrogen and oxygen atoms in total. The minimum atomic E-state index is -0.283. The minimum absolute atomic E-state index is 0.283. The van der Waals surface area contributed by atoms with Crippen molar-refractivity contribution < 1.29 is 18.9 Å². The third kappa shape index (κ3) is 13.7. The Kier molecular flexibility index (Phi) is 15.1. The van der Waals surface area contributed by atoms with Crippen molar-refractivity contribution in [3.8, 4) is 5.75 Å². The Morgan fingerprint density at radius 3 is 2.07 bits per heavy atom. The highest BCUT2D eigenvalue weighted by Gasteiger charge is 2.04. The summed E-state index contributed by atoms with van der Waals surface area (Å²) in [6.45, 7) is 9.18. The van der Waals surface area contributed by atoms with E-state index in [-0.39, 0.29) is 6.29 Å². The lowest BCUT2D eigenvalue weighted by Crippen LogP contribution is -2.19. The molecule has 0 aliphatic carbocycles. The largest absolute Gasteiger partial charge is 0.465 e. The van der Waals surface area contributed by atoms with Gasteiger partial charge in [-0.25, -0.2) is 0 Å². The normalized spacial score (nSPS) is 12.3. The third-order valence-electron chi connectivity index (χ3n) is 4.45. The highest BCUT2D eigenvalue weighted by atomic mass is 16.7. The predicted molar refractivity (Wildman–Crippen MR) is 111 cm³/mol. The van der Waals surface area contributed by atoms with E-state index in [4.69, 9.17) is 18.9 Å². The van der Waals surface area contributed by atoms with Crippen LogP contribution in [0.3, 0.4) is 0 Å². The second kappa shape index (κ2) is 17.0. The lowest BCUT2D eigenvalue weighted by molar-refractivity contribution is -0.0859. The summed E-state index contributed by atoms with van der Waals surface area (Å²) >= 11 is 0. The average Bonchev–Trinajstić information content (AvgIpc) is 2.68. The van der Waals surface area contributed by atoms with Crippen LogP contribution in [0.5, 0.6) is 5.75 Å². The van der Waals surface area contributed by atoms with Gasteiger partial charge >= 0.3 is 0 Å². The van der Waals surface area contributed by atoms with Crippen molar-refractivity contribution in [2.24, 2.45) is 0 Å². The van der Waals surface area contributed by atoms with Gasteiger partial charge in [0.25, 0.3) is 0 Å². The van der Waals surface area contributed by atoms with Crippen LogP contribution in [0, 0.1) is 0 Å². The first kappa shape index (κ1) is 23.9. The summed E-state index contributed by atoms with van der Waals surface area (Å²) < 4.78 is 22.0. The second-order valence-corrected chi connectivity index (χ2v) is 6.88. The number of benzene rings is 1. The average molecular weight is 381 g/mol.